The minimum atomic E-state index is -0.872. The number of nitrogens with zero attached hydrogens (tertiary/aromatic N) is 1. The molecule has 2 atom stereocenters. The molecule has 0 aliphatic rings. The lowest BCUT2D eigenvalue weighted by Crippen LogP contribution is -2.22. The highest BCUT2D eigenvalue weighted by Gasteiger charge is 2.24. The molecule has 9 nitrogen and oxygen atoms in total. The van der Waals surface area contributed by atoms with Crippen LogP contribution in [0, 0.1) is 17.2 Å². The summed E-state index contributed by atoms with van der Waals surface area (Å²) in [4.78, 5) is 23.7. The molecule has 0 aliphatic heterocycles. The topological polar surface area (TPSA) is 141 Å². The molecule has 2 aromatic rings. The molecule has 4 N–H and O–H groups in total. The second-order valence-electron chi connectivity index (χ2n) is 6.27. The number of methoxy groups -OCH3 is 1. The van der Waals surface area contributed by atoms with Crippen LogP contribution >= 0.6 is 0 Å². The van der Waals surface area contributed by atoms with Crippen LogP contribution in [0.2, 0.25) is 0 Å². The van der Waals surface area contributed by atoms with Crippen molar-refractivity contribution in [3.05, 3.63) is 65.7 Å². The number of amides is 2. The number of hydrogen-bond donors (Lipinski definition) is 4. The molecule has 0 fully saturated rings. The van der Waals surface area contributed by atoms with Crippen molar-refractivity contribution in [2.24, 2.45) is 5.92 Å². The fourth-order valence-electron chi connectivity index (χ4n) is 2.63. The largest absolute Gasteiger partial charge is 0.504 e. The van der Waals surface area contributed by atoms with E-state index in [0.29, 0.717) is 16.8 Å². The molecule has 0 aromatic heterocycles. The Labute approximate surface area is 173 Å². The number of hydrogen-bond acceptors (Lipinski definition) is 7. The first-order valence-corrected chi connectivity index (χ1v) is 8.85. The van der Waals surface area contributed by atoms with Gasteiger partial charge in [-0.3, -0.25) is 15.3 Å². The van der Waals surface area contributed by atoms with Gasteiger partial charge >= 0.3 is 6.09 Å². The monoisotopic (exact) mass is 411 g/mol. The van der Waals surface area contributed by atoms with Gasteiger partial charge < -0.3 is 14.6 Å². The Balaban J connectivity index is 2.24. The molecule has 0 radical (unpaired) electrons. The number of rotatable bonds is 7. The van der Waals surface area contributed by atoms with Crippen LogP contribution in [-0.2, 0) is 9.53 Å². The number of carbonyl (C=O) groups is 2. The Bertz CT molecular complexity index is 966. The molecule has 0 saturated heterocycles. The van der Waals surface area contributed by atoms with Gasteiger partial charge in [-0.1, -0.05) is 19.1 Å². The Kier molecular flexibility index (Phi) is 7.79. The number of phenols is 1. The first-order valence-electron chi connectivity index (χ1n) is 8.85. The summed E-state index contributed by atoms with van der Waals surface area (Å²) >= 11 is 0. The molecule has 156 valence electrons. The van der Waals surface area contributed by atoms with Crippen LogP contribution in [0.5, 0.6) is 11.5 Å². The lowest BCUT2D eigenvalue weighted by atomic mass is 9.96. The SMILES string of the molecule is COc1ccc([C@@H](OC(=O)Nc2ccc(C#N)cc2)[C@@H](C)/C=C/C(=O)NO)cc1O. The molecule has 30 heavy (non-hydrogen) atoms. The Hall–Kier alpha value is -4.03. The molecule has 2 rings (SSSR count). The minimum Gasteiger partial charge on any atom is -0.504 e. The van der Waals surface area contributed by atoms with Crippen molar-refractivity contribution in [1.29, 1.82) is 5.26 Å². The van der Waals surface area contributed by atoms with Crippen molar-refractivity contribution < 1.29 is 29.4 Å². The molecule has 0 unspecified atom stereocenters. The Morgan fingerprint density at radius 1 is 1.20 bits per heavy atom. The van der Waals surface area contributed by atoms with E-state index < -0.39 is 24.0 Å². The third-order valence-electron chi connectivity index (χ3n) is 4.16. The predicted molar refractivity (Wildman–Crippen MR) is 107 cm³/mol. The number of anilines is 1. The Morgan fingerprint density at radius 2 is 1.90 bits per heavy atom. The molecular weight excluding hydrogens is 390 g/mol. The molecule has 0 spiro atoms. The van der Waals surface area contributed by atoms with Crippen LogP contribution in [-0.4, -0.2) is 29.4 Å². The quantitative estimate of drug-likeness (QED) is 0.311. The maximum Gasteiger partial charge on any atom is 0.412 e. The summed E-state index contributed by atoms with van der Waals surface area (Å²) in [5, 5.41) is 30.1. The van der Waals surface area contributed by atoms with Crippen LogP contribution in [0.1, 0.15) is 24.2 Å². The second-order valence-corrected chi connectivity index (χ2v) is 6.27. The number of benzene rings is 2. The zero-order valence-corrected chi connectivity index (χ0v) is 16.3. The summed E-state index contributed by atoms with van der Waals surface area (Å²) in [5.74, 6) is -1.12. The fourth-order valence-corrected chi connectivity index (χ4v) is 2.63. The molecule has 2 aromatic carbocycles. The van der Waals surface area contributed by atoms with Gasteiger partial charge in [0.25, 0.3) is 5.91 Å². The Morgan fingerprint density at radius 3 is 2.47 bits per heavy atom. The van der Waals surface area contributed by atoms with Crippen LogP contribution in [0.15, 0.2) is 54.6 Å². The highest BCUT2D eigenvalue weighted by Crippen LogP contribution is 2.34. The first-order chi connectivity index (χ1) is 14.4. The highest BCUT2D eigenvalue weighted by atomic mass is 16.6. The van der Waals surface area contributed by atoms with Crippen molar-refractivity contribution >= 4 is 17.7 Å². The smallest absolute Gasteiger partial charge is 0.412 e. The van der Waals surface area contributed by atoms with Crippen molar-refractivity contribution in [2.75, 3.05) is 12.4 Å². The fraction of sp³-hybridized carbons (Fsp3) is 0.190. The normalized spacial score (nSPS) is 12.5. The van der Waals surface area contributed by atoms with E-state index >= 15 is 0 Å². The second kappa shape index (κ2) is 10.5. The van der Waals surface area contributed by atoms with Crippen molar-refractivity contribution in [3.8, 4) is 17.6 Å². The van der Waals surface area contributed by atoms with Gasteiger partial charge in [-0.25, -0.2) is 10.3 Å². The van der Waals surface area contributed by atoms with E-state index in [1.807, 2.05) is 6.07 Å². The summed E-state index contributed by atoms with van der Waals surface area (Å²) in [7, 11) is 1.41. The zero-order valence-electron chi connectivity index (χ0n) is 16.3. The van der Waals surface area contributed by atoms with Gasteiger partial charge in [0.1, 0.15) is 6.10 Å². The number of hydroxylamine groups is 1. The number of nitriles is 1. The maximum absolute atomic E-state index is 12.4. The molecule has 0 saturated carbocycles. The van der Waals surface area contributed by atoms with Gasteiger partial charge in [-0.15, -0.1) is 0 Å². The van der Waals surface area contributed by atoms with Crippen LogP contribution in [0.25, 0.3) is 0 Å². The van der Waals surface area contributed by atoms with Gasteiger partial charge in [0.2, 0.25) is 0 Å². The average molecular weight is 411 g/mol. The summed E-state index contributed by atoms with van der Waals surface area (Å²) < 4.78 is 10.6. The molecule has 0 aliphatic carbocycles. The zero-order chi connectivity index (χ0) is 22.1. The van der Waals surface area contributed by atoms with Gasteiger partial charge in [-0.05, 0) is 42.0 Å². The third kappa shape index (κ3) is 5.98. The van der Waals surface area contributed by atoms with Gasteiger partial charge in [0, 0.05) is 17.7 Å². The van der Waals surface area contributed by atoms with E-state index in [0.717, 1.165) is 6.08 Å². The number of nitrogens with one attached hydrogen (secondary N) is 2. The number of aromatic hydroxyl groups is 1. The van der Waals surface area contributed by atoms with E-state index in [2.05, 4.69) is 5.32 Å². The van der Waals surface area contributed by atoms with Crippen molar-refractivity contribution in [2.45, 2.75) is 13.0 Å². The lowest BCUT2D eigenvalue weighted by molar-refractivity contribution is -0.124. The van der Waals surface area contributed by atoms with E-state index in [9.17, 15) is 14.7 Å². The van der Waals surface area contributed by atoms with E-state index in [-0.39, 0.29) is 11.5 Å². The number of phenolic OH excluding ortho intramolecular Hbond substituents is 1. The summed E-state index contributed by atoms with van der Waals surface area (Å²) in [6.45, 7) is 1.70. The first kappa shape index (κ1) is 22.3. The molecule has 0 bridgehead atoms. The molecule has 9 heteroatoms. The maximum atomic E-state index is 12.4. The van der Waals surface area contributed by atoms with Gasteiger partial charge in [0.15, 0.2) is 11.5 Å². The van der Waals surface area contributed by atoms with Crippen molar-refractivity contribution in [1.82, 2.24) is 5.48 Å². The number of carbonyl (C=O) groups excluding carboxylic acids is 2. The standard InChI is InChI=1S/C21H21N3O6/c1-13(3-10-19(26)24-28)20(15-6-9-18(29-2)17(25)11-15)30-21(27)23-16-7-4-14(12-22)5-8-16/h3-11,13,20,25,28H,1-2H3,(H,23,27)(H,24,26)/b10-3+/t13-,20-/m0/s1. The molecular formula is C21H21N3O6. The van der Waals surface area contributed by atoms with Gasteiger partial charge in [0.05, 0.1) is 18.7 Å². The molecule has 0 heterocycles. The summed E-state index contributed by atoms with van der Waals surface area (Å²) in [6, 6.07) is 12.7. The van der Waals surface area contributed by atoms with Crippen molar-refractivity contribution in [3.63, 3.8) is 0 Å². The van der Waals surface area contributed by atoms with Crippen LogP contribution in [0.3, 0.4) is 0 Å². The van der Waals surface area contributed by atoms with Crippen LogP contribution < -0.4 is 15.5 Å². The lowest BCUT2D eigenvalue weighted by Gasteiger charge is -2.23. The van der Waals surface area contributed by atoms with E-state index in [4.69, 9.17) is 19.9 Å². The summed E-state index contributed by atoms with van der Waals surface area (Å²) in [5.41, 5.74) is 2.82. The molecule has 2 amide bonds. The average Bonchev–Trinajstić information content (AvgIpc) is 2.76. The van der Waals surface area contributed by atoms with E-state index in [1.165, 1.54) is 30.8 Å². The highest BCUT2D eigenvalue weighted by molar-refractivity contribution is 5.86. The number of ether oxygens (including phenoxy) is 2. The minimum absolute atomic E-state index is 0.139. The third-order valence-corrected chi connectivity index (χ3v) is 4.16. The van der Waals surface area contributed by atoms with E-state index in [1.54, 1.807) is 37.3 Å². The summed E-state index contributed by atoms with van der Waals surface area (Å²) in [6.07, 6.45) is 0.907. The van der Waals surface area contributed by atoms with Gasteiger partial charge in [-0.2, -0.15) is 5.26 Å². The predicted octanol–water partition coefficient (Wildman–Crippen LogP) is 3.26. The van der Waals surface area contributed by atoms with Crippen LogP contribution in [0.4, 0.5) is 10.5 Å².